The average Bonchev–Trinajstić information content (AvgIpc) is 2.14. The topological polar surface area (TPSA) is 92.4 Å². The molecule has 0 bridgehead atoms. The second kappa shape index (κ2) is 5.05. The highest BCUT2D eigenvalue weighted by Gasteiger charge is 2.31. The Hall–Kier alpha value is -0.820. The van der Waals surface area contributed by atoms with Crippen LogP contribution in [0.25, 0.3) is 0 Å². The van der Waals surface area contributed by atoms with Crippen LogP contribution < -0.4 is 10.5 Å². The first kappa shape index (κ1) is 15.2. The second-order valence-corrected chi connectivity index (χ2v) is 6.77. The Morgan fingerprint density at radius 2 is 2.00 bits per heavy atom. The zero-order valence-electron chi connectivity index (χ0n) is 10.4. The predicted octanol–water partition coefficient (Wildman–Crippen LogP) is 1.36. The lowest BCUT2D eigenvalue weighted by atomic mass is 10.0. The van der Waals surface area contributed by atoms with Gasteiger partial charge in [-0.3, -0.25) is 0 Å². The number of nitrogen functional groups attached to an aromatic ring is 1. The summed E-state index contributed by atoms with van der Waals surface area (Å²) in [6, 6.07) is 4.14. The summed E-state index contributed by atoms with van der Waals surface area (Å²) in [6.45, 7) is 4.68. The summed E-state index contributed by atoms with van der Waals surface area (Å²) < 4.78 is 26.7. The summed E-state index contributed by atoms with van der Waals surface area (Å²) in [5, 5.41) is 9.89. The number of halogens is 1. The molecule has 0 fully saturated rings. The zero-order valence-corrected chi connectivity index (χ0v) is 12.0. The number of benzene rings is 1. The number of aliphatic hydroxyl groups excluding tert-OH is 1. The van der Waals surface area contributed by atoms with Crippen molar-refractivity contribution in [2.75, 3.05) is 5.73 Å². The maximum atomic E-state index is 12.1. The molecular formula is C11H17ClN2O3S. The number of hydrogen-bond donors (Lipinski definition) is 3. The van der Waals surface area contributed by atoms with E-state index in [1.807, 2.05) is 0 Å². The number of nitrogens with two attached hydrogens (primary N) is 1. The summed E-state index contributed by atoms with van der Waals surface area (Å²) in [5.74, 6) is 0. The van der Waals surface area contributed by atoms with Gasteiger partial charge in [0.25, 0.3) is 0 Å². The van der Waals surface area contributed by atoms with E-state index in [9.17, 15) is 13.5 Å². The van der Waals surface area contributed by atoms with E-state index in [1.54, 1.807) is 13.8 Å². The van der Waals surface area contributed by atoms with E-state index in [0.717, 1.165) is 0 Å². The van der Waals surface area contributed by atoms with Crippen LogP contribution in [0, 0.1) is 0 Å². The lowest BCUT2D eigenvalue weighted by molar-refractivity contribution is 0.111. The number of sulfonamides is 1. The van der Waals surface area contributed by atoms with Gasteiger partial charge in [0, 0.05) is 5.02 Å². The predicted molar refractivity (Wildman–Crippen MR) is 71.9 cm³/mol. The van der Waals surface area contributed by atoms with Crippen molar-refractivity contribution in [2.24, 2.45) is 0 Å². The average molecular weight is 293 g/mol. The fourth-order valence-corrected chi connectivity index (χ4v) is 3.02. The molecule has 0 aromatic heterocycles. The van der Waals surface area contributed by atoms with Gasteiger partial charge < -0.3 is 10.8 Å². The first-order chi connectivity index (χ1) is 8.06. The fourth-order valence-electron chi connectivity index (χ4n) is 1.25. The molecule has 0 radical (unpaired) electrons. The van der Waals surface area contributed by atoms with Crippen LogP contribution in [0.5, 0.6) is 0 Å². The molecule has 0 aliphatic rings. The maximum Gasteiger partial charge on any atom is 0.243 e. The van der Waals surface area contributed by atoms with E-state index in [4.69, 9.17) is 17.3 Å². The smallest absolute Gasteiger partial charge is 0.243 e. The van der Waals surface area contributed by atoms with Gasteiger partial charge >= 0.3 is 0 Å². The molecule has 1 rings (SSSR count). The first-order valence-electron chi connectivity index (χ1n) is 5.33. The van der Waals surface area contributed by atoms with Crippen LogP contribution in [0.2, 0.25) is 5.02 Å². The number of anilines is 1. The SMILES string of the molecule is CC(O)C(C)(C)NS(=O)(=O)c1ccc(Cl)cc1N. The molecule has 1 atom stereocenters. The molecule has 1 aromatic rings. The van der Waals surface area contributed by atoms with Crippen LogP contribution in [0.1, 0.15) is 20.8 Å². The molecular weight excluding hydrogens is 276 g/mol. The Labute approximate surface area is 112 Å². The number of nitrogens with one attached hydrogen (secondary N) is 1. The Kier molecular flexibility index (Phi) is 4.27. The molecule has 0 spiro atoms. The third-order valence-electron chi connectivity index (χ3n) is 2.70. The third kappa shape index (κ3) is 3.35. The molecule has 0 aliphatic carbocycles. The lowest BCUT2D eigenvalue weighted by Gasteiger charge is -2.29. The molecule has 0 amide bonds. The summed E-state index contributed by atoms with van der Waals surface area (Å²) in [5.41, 5.74) is 4.71. The highest BCUT2D eigenvalue weighted by atomic mass is 35.5. The van der Waals surface area contributed by atoms with Crippen LogP contribution in [-0.2, 0) is 10.0 Å². The Balaban J connectivity index is 3.15. The minimum absolute atomic E-state index is 0.0550. The van der Waals surface area contributed by atoms with Gasteiger partial charge in [-0.2, -0.15) is 0 Å². The highest BCUT2D eigenvalue weighted by molar-refractivity contribution is 7.89. The third-order valence-corrected chi connectivity index (χ3v) is 4.68. The van der Waals surface area contributed by atoms with E-state index in [-0.39, 0.29) is 10.6 Å². The first-order valence-corrected chi connectivity index (χ1v) is 7.19. The molecule has 1 aromatic carbocycles. The van der Waals surface area contributed by atoms with Crippen molar-refractivity contribution in [2.45, 2.75) is 37.3 Å². The van der Waals surface area contributed by atoms with Crippen LogP contribution in [-0.4, -0.2) is 25.2 Å². The van der Waals surface area contributed by atoms with E-state index < -0.39 is 21.7 Å². The molecule has 0 saturated carbocycles. The molecule has 0 heterocycles. The van der Waals surface area contributed by atoms with Crippen molar-refractivity contribution in [3.05, 3.63) is 23.2 Å². The molecule has 18 heavy (non-hydrogen) atoms. The molecule has 5 nitrogen and oxygen atoms in total. The second-order valence-electron chi connectivity index (χ2n) is 4.69. The van der Waals surface area contributed by atoms with Crippen molar-refractivity contribution < 1.29 is 13.5 Å². The van der Waals surface area contributed by atoms with Crippen LogP contribution >= 0.6 is 11.6 Å². The lowest BCUT2D eigenvalue weighted by Crippen LogP contribution is -2.50. The maximum absolute atomic E-state index is 12.1. The highest BCUT2D eigenvalue weighted by Crippen LogP contribution is 2.24. The van der Waals surface area contributed by atoms with E-state index in [0.29, 0.717) is 5.02 Å². The molecule has 4 N–H and O–H groups in total. The minimum Gasteiger partial charge on any atom is -0.398 e. The number of hydrogen-bond acceptors (Lipinski definition) is 4. The zero-order chi connectivity index (χ0) is 14.1. The van der Waals surface area contributed by atoms with E-state index in [2.05, 4.69) is 4.72 Å². The van der Waals surface area contributed by atoms with Gasteiger partial charge in [0.2, 0.25) is 10.0 Å². The van der Waals surface area contributed by atoms with Gasteiger partial charge in [0.15, 0.2) is 0 Å². The molecule has 1 unspecified atom stereocenters. The summed E-state index contributed by atoms with van der Waals surface area (Å²) in [6.07, 6.45) is -0.846. The van der Waals surface area contributed by atoms with Crippen molar-refractivity contribution in [3.8, 4) is 0 Å². The number of aliphatic hydroxyl groups is 1. The molecule has 102 valence electrons. The van der Waals surface area contributed by atoms with Crippen LogP contribution in [0.15, 0.2) is 23.1 Å². The largest absolute Gasteiger partial charge is 0.398 e. The van der Waals surface area contributed by atoms with Crippen LogP contribution in [0.4, 0.5) is 5.69 Å². The van der Waals surface area contributed by atoms with Gasteiger partial charge in [0.1, 0.15) is 4.90 Å². The Bertz CT molecular complexity index is 541. The van der Waals surface area contributed by atoms with Crippen molar-refractivity contribution in [1.82, 2.24) is 4.72 Å². The van der Waals surface area contributed by atoms with Crippen molar-refractivity contribution >= 4 is 27.3 Å². The normalized spacial score (nSPS) is 14.5. The standard InChI is InChI=1S/C11H17ClN2O3S/c1-7(15)11(2,3)14-18(16,17)10-5-4-8(12)6-9(10)13/h4-7,14-15H,13H2,1-3H3. The van der Waals surface area contributed by atoms with E-state index >= 15 is 0 Å². The number of rotatable bonds is 4. The van der Waals surface area contributed by atoms with Gasteiger partial charge in [-0.05, 0) is 39.0 Å². The van der Waals surface area contributed by atoms with Gasteiger partial charge in [-0.25, -0.2) is 13.1 Å². The van der Waals surface area contributed by atoms with Crippen molar-refractivity contribution in [3.63, 3.8) is 0 Å². The molecule has 7 heteroatoms. The molecule has 0 saturated heterocycles. The summed E-state index contributed by atoms with van der Waals surface area (Å²) in [4.78, 5) is -0.0550. The monoisotopic (exact) mass is 292 g/mol. The fraction of sp³-hybridized carbons (Fsp3) is 0.455. The van der Waals surface area contributed by atoms with Gasteiger partial charge in [-0.1, -0.05) is 11.6 Å². The quantitative estimate of drug-likeness (QED) is 0.731. The minimum atomic E-state index is -3.80. The van der Waals surface area contributed by atoms with E-state index in [1.165, 1.54) is 25.1 Å². The van der Waals surface area contributed by atoms with Crippen molar-refractivity contribution in [1.29, 1.82) is 0 Å². The Morgan fingerprint density at radius 3 is 2.44 bits per heavy atom. The molecule has 0 aliphatic heterocycles. The summed E-state index contributed by atoms with van der Waals surface area (Å²) >= 11 is 5.72. The van der Waals surface area contributed by atoms with Gasteiger partial charge in [-0.15, -0.1) is 0 Å². The Morgan fingerprint density at radius 1 is 1.44 bits per heavy atom. The summed E-state index contributed by atoms with van der Waals surface area (Å²) in [7, 11) is -3.80. The van der Waals surface area contributed by atoms with Gasteiger partial charge in [0.05, 0.1) is 17.3 Å². The van der Waals surface area contributed by atoms with Crippen LogP contribution in [0.3, 0.4) is 0 Å².